The van der Waals surface area contributed by atoms with Gasteiger partial charge in [0.1, 0.15) is 0 Å². The van der Waals surface area contributed by atoms with Gasteiger partial charge in [0, 0.05) is 25.2 Å². The summed E-state index contributed by atoms with van der Waals surface area (Å²) in [4.78, 5) is 26.5. The molecule has 2 aliphatic heterocycles. The maximum atomic E-state index is 12.2. The number of halogens is 1. The first-order chi connectivity index (χ1) is 10.5. The van der Waals surface area contributed by atoms with E-state index in [1.807, 2.05) is 6.07 Å². The summed E-state index contributed by atoms with van der Waals surface area (Å²) in [6, 6.07) is 4.96. The highest BCUT2D eigenvalue weighted by atomic mass is 79.9. The summed E-state index contributed by atoms with van der Waals surface area (Å²) in [6.07, 6.45) is 4.42. The quantitative estimate of drug-likeness (QED) is 0.832. The van der Waals surface area contributed by atoms with Crippen LogP contribution in [0.5, 0.6) is 0 Å². The van der Waals surface area contributed by atoms with E-state index in [0.717, 1.165) is 16.6 Å². The van der Waals surface area contributed by atoms with E-state index in [9.17, 15) is 9.59 Å². The van der Waals surface area contributed by atoms with E-state index in [2.05, 4.69) is 26.6 Å². The molecule has 2 amide bonds. The number of nitrogens with one attached hydrogen (secondary N) is 2. The molecule has 2 unspecified atom stereocenters. The average molecular weight is 386 g/mol. The standard InChI is InChI=1S/C15H20BrN3O2S/c1-19(15(21)12-4-5-13(16)22-12)8-14(20)18-11-6-9-2-3-10(7-11)17-9/h4-5,9-11,17H,2-3,6-8H2,1H3,(H,18,20). The highest BCUT2D eigenvalue weighted by Gasteiger charge is 2.34. The van der Waals surface area contributed by atoms with Gasteiger partial charge in [-0.25, -0.2) is 0 Å². The third kappa shape index (κ3) is 3.70. The van der Waals surface area contributed by atoms with E-state index in [1.165, 1.54) is 29.1 Å². The molecule has 3 rings (SSSR count). The van der Waals surface area contributed by atoms with Gasteiger partial charge < -0.3 is 15.5 Å². The highest BCUT2D eigenvalue weighted by molar-refractivity contribution is 9.11. The van der Waals surface area contributed by atoms with Crippen molar-refractivity contribution in [1.29, 1.82) is 0 Å². The van der Waals surface area contributed by atoms with Crippen molar-refractivity contribution >= 4 is 39.1 Å². The molecule has 2 bridgehead atoms. The van der Waals surface area contributed by atoms with E-state index >= 15 is 0 Å². The number of hydrogen-bond acceptors (Lipinski definition) is 4. The molecule has 22 heavy (non-hydrogen) atoms. The van der Waals surface area contributed by atoms with Crippen LogP contribution in [0.1, 0.15) is 35.4 Å². The van der Waals surface area contributed by atoms with Gasteiger partial charge in [-0.2, -0.15) is 0 Å². The van der Waals surface area contributed by atoms with Gasteiger partial charge >= 0.3 is 0 Å². The van der Waals surface area contributed by atoms with Crippen LogP contribution in [0.4, 0.5) is 0 Å². The Morgan fingerprint density at radius 2 is 2.05 bits per heavy atom. The number of hydrogen-bond donors (Lipinski definition) is 2. The van der Waals surface area contributed by atoms with Crippen molar-refractivity contribution in [3.05, 3.63) is 20.8 Å². The van der Waals surface area contributed by atoms with E-state index in [1.54, 1.807) is 13.1 Å². The number of amides is 2. The molecule has 0 radical (unpaired) electrons. The summed E-state index contributed by atoms with van der Waals surface area (Å²) in [5, 5.41) is 6.64. The fourth-order valence-corrected chi connectivity index (χ4v) is 4.73. The summed E-state index contributed by atoms with van der Waals surface area (Å²) in [5.41, 5.74) is 0. The Balaban J connectivity index is 1.50. The van der Waals surface area contributed by atoms with Crippen molar-refractivity contribution in [2.75, 3.05) is 13.6 Å². The number of carbonyl (C=O) groups excluding carboxylic acids is 2. The van der Waals surface area contributed by atoms with E-state index in [4.69, 9.17) is 0 Å². The first-order valence-corrected chi connectivity index (χ1v) is 9.18. The maximum Gasteiger partial charge on any atom is 0.264 e. The maximum absolute atomic E-state index is 12.2. The lowest BCUT2D eigenvalue weighted by Crippen LogP contribution is -2.50. The van der Waals surface area contributed by atoms with Crippen molar-refractivity contribution < 1.29 is 9.59 Å². The third-order valence-corrected chi connectivity index (χ3v) is 5.96. The van der Waals surface area contributed by atoms with Gasteiger partial charge in [0.2, 0.25) is 5.91 Å². The molecule has 1 aromatic heterocycles. The van der Waals surface area contributed by atoms with E-state index in [0.29, 0.717) is 17.0 Å². The molecule has 0 aromatic carbocycles. The van der Waals surface area contributed by atoms with Gasteiger partial charge in [-0.3, -0.25) is 9.59 Å². The number of carbonyl (C=O) groups is 2. The number of likely N-dealkylation sites (N-methyl/N-ethyl adjacent to an activating group) is 1. The predicted molar refractivity (Wildman–Crippen MR) is 90.1 cm³/mol. The van der Waals surface area contributed by atoms with Crippen LogP contribution in [0.25, 0.3) is 0 Å². The number of thiophene rings is 1. The average Bonchev–Trinajstić information content (AvgIpc) is 3.04. The van der Waals surface area contributed by atoms with Crippen molar-refractivity contribution in [1.82, 2.24) is 15.5 Å². The zero-order chi connectivity index (χ0) is 15.7. The number of fused-ring (bicyclic) bond motifs is 2. The molecule has 1 aromatic rings. The summed E-state index contributed by atoms with van der Waals surface area (Å²) in [6.45, 7) is 0.105. The smallest absolute Gasteiger partial charge is 0.264 e. The second-order valence-electron chi connectivity index (χ2n) is 6.14. The summed E-state index contributed by atoms with van der Waals surface area (Å²) in [7, 11) is 1.67. The SMILES string of the molecule is CN(CC(=O)NC1CC2CCC(C1)N2)C(=O)c1ccc(Br)s1. The normalized spacial score (nSPS) is 26.7. The lowest BCUT2D eigenvalue weighted by Gasteiger charge is -2.30. The van der Waals surface area contributed by atoms with Gasteiger partial charge in [0.25, 0.3) is 5.91 Å². The molecule has 3 heterocycles. The fraction of sp³-hybridized carbons (Fsp3) is 0.600. The zero-order valence-corrected chi connectivity index (χ0v) is 14.9. The molecule has 2 atom stereocenters. The van der Waals surface area contributed by atoms with Gasteiger partial charge in [-0.1, -0.05) is 0 Å². The molecule has 7 heteroatoms. The summed E-state index contributed by atoms with van der Waals surface area (Å²) >= 11 is 4.73. The van der Waals surface area contributed by atoms with Crippen LogP contribution in [0.15, 0.2) is 15.9 Å². The Hall–Kier alpha value is -0.920. The Labute approximate surface area is 142 Å². The van der Waals surface area contributed by atoms with Crippen molar-refractivity contribution in [3.8, 4) is 0 Å². The van der Waals surface area contributed by atoms with Crippen molar-refractivity contribution in [2.24, 2.45) is 0 Å². The van der Waals surface area contributed by atoms with Crippen LogP contribution in [0.3, 0.4) is 0 Å². The fourth-order valence-electron chi connectivity index (χ4n) is 3.35. The monoisotopic (exact) mass is 385 g/mol. The molecular weight excluding hydrogens is 366 g/mol. The minimum absolute atomic E-state index is 0.0715. The molecule has 2 fully saturated rings. The Morgan fingerprint density at radius 1 is 1.36 bits per heavy atom. The van der Waals surface area contributed by atoms with E-state index < -0.39 is 0 Å². The summed E-state index contributed by atoms with van der Waals surface area (Å²) < 4.78 is 0.916. The minimum atomic E-state index is -0.115. The lowest BCUT2D eigenvalue weighted by molar-refractivity contribution is -0.122. The van der Waals surface area contributed by atoms with Gasteiger partial charge in [-0.05, 0) is 53.7 Å². The van der Waals surface area contributed by atoms with Crippen LogP contribution in [-0.4, -0.2) is 48.4 Å². The molecule has 2 saturated heterocycles. The molecule has 120 valence electrons. The van der Waals surface area contributed by atoms with Crippen molar-refractivity contribution in [2.45, 2.75) is 43.8 Å². The molecule has 0 aliphatic carbocycles. The Kier molecular flexibility index (Phi) is 4.84. The minimum Gasteiger partial charge on any atom is -0.352 e. The second-order valence-corrected chi connectivity index (χ2v) is 8.60. The molecule has 2 N–H and O–H groups in total. The van der Waals surface area contributed by atoms with E-state index in [-0.39, 0.29) is 24.4 Å². The third-order valence-electron chi connectivity index (χ3n) is 4.35. The van der Waals surface area contributed by atoms with Gasteiger partial charge in [0.05, 0.1) is 15.2 Å². The largest absolute Gasteiger partial charge is 0.352 e. The first kappa shape index (κ1) is 16.0. The molecule has 0 saturated carbocycles. The van der Waals surface area contributed by atoms with Crippen LogP contribution < -0.4 is 10.6 Å². The second kappa shape index (κ2) is 6.68. The van der Waals surface area contributed by atoms with Crippen LogP contribution >= 0.6 is 27.3 Å². The molecule has 0 spiro atoms. The molecule has 5 nitrogen and oxygen atoms in total. The highest BCUT2D eigenvalue weighted by Crippen LogP contribution is 2.26. The predicted octanol–water partition coefficient (Wildman–Crippen LogP) is 1.98. The molecular formula is C15H20BrN3O2S. The van der Waals surface area contributed by atoms with Crippen LogP contribution in [-0.2, 0) is 4.79 Å². The zero-order valence-electron chi connectivity index (χ0n) is 12.5. The Morgan fingerprint density at radius 3 is 2.64 bits per heavy atom. The Bertz CT molecular complexity index is 565. The van der Waals surface area contributed by atoms with Gasteiger partial charge in [-0.15, -0.1) is 11.3 Å². The molecule has 2 aliphatic rings. The number of nitrogens with zero attached hydrogens (tertiary/aromatic N) is 1. The lowest BCUT2D eigenvalue weighted by atomic mass is 10.00. The van der Waals surface area contributed by atoms with Crippen LogP contribution in [0, 0.1) is 0 Å². The van der Waals surface area contributed by atoms with Crippen LogP contribution in [0.2, 0.25) is 0 Å². The number of piperidine rings is 1. The van der Waals surface area contributed by atoms with Gasteiger partial charge in [0.15, 0.2) is 0 Å². The number of rotatable bonds is 4. The van der Waals surface area contributed by atoms with Crippen molar-refractivity contribution in [3.63, 3.8) is 0 Å². The summed E-state index contributed by atoms with van der Waals surface area (Å²) in [5.74, 6) is -0.186. The topological polar surface area (TPSA) is 61.4 Å². The first-order valence-electron chi connectivity index (χ1n) is 7.57.